The molecule has 1 N–H and O–H groups in total. The SMILES string of the molecule is CCNCC1CCN(C(=O)CCc2nc(C)c(-c3ccccc3)o2)CC1. The van der Waals surface area contributed by atoms with Crippen molar-refractivity contribution < 1.29 is 9.21 Å². The molecule has 0 radical (unpaired) electrons. The van der Waals surface area contributed by atoms with Crippen molar-refractivity contribution in [1.82, 2.24) is 15.2 Å². The van der Waals surface area contributed by atoms with Crippen molar-refractivity contribution in [2.45, 2.75) is 39.5 Å². The molecule has 1 aliphatic rings. The predicted octanol–water partition coefficient (Wildman–Crippen LogP) is 3.43. The number of carbonyl (C=O) groups is 1. The standard InChI is InChI=1S/C21H29N3O2/c1-3-22-15-17-11-13-24(14-12-17)20(25)10-9-19-23-16(2)21(26-19)18-7-5-4-6-8-18/h4-8,17,22H,3,9-15H2,1-2H3. The van der Waals surface area contributed by atoms with Crippen molar-refractivity contribution in [2.24, 2.45) is 5.92 Å². The highest BCUT2D eigenvalue weighted by atomic mass is 16.4. The van der Waals surface area contributed by atoms with Gasteiger partial charge in [-0.1, -0.05) is 37.3 Å². The largest absolute Gasteiger partial charge is 0.440 e. The Morgan fingerprint density at radius 1 is 1.27 bits per heavy atom. The Morgan fingerprint density at radius 2 is 2.00 bits per heavy atom. The van der Waals surface area contributed by atoms with Crippen molar-refractivity contribution in [2.75, 3.05) is 26.2 Å². The summed E-state index contributed by atoms with van der Waals surface area (Å²) in [4.78, 5) is 19.0. The number of piperidine rings is 1. The quantitative estimate of drug-likeness (QED) is 0.827. The Bertz CT molecular complexity index is 703. The van der Waals surface area contributed by atoms with E-state index in [1.54, 1.807) is 0 Å². The summed E-state index contributed by atoms with van der Waals surface area (Å²) in [5, 5.41) is 3.41. The molecule has 0 atom stereocenters. The number of likely N-dealkylation sites (tertiary alicyclic amines) is 1. The molecule has 0 saturated carbocycles. The number of aryl methyl sites for hydroxylation is 2. The summed E-state index contributed by atoms with van der Waals surface area (Å²) in [6.45, 7) is 7.90. The van der Waals surface area contributed by atoms with Crippen molar-refractivity contribution in [1.29, 1.82) is 0 Å². The molecular weight excluding hydrogens is 326 g/mol. The number of nitrogens with one attached hydrogen (secondary N) is 1. The zero-order valence-electron chi connectivity index (χ0n) is 15.8. The Labute approximate surface area is 155 Å². The summed E-state index contributed by atoms with van der Waals surface area (Å²) >= 11 is 0. The number of oxazole rings is 1. The molecule has 1 aliphatic heterocycles. The third-order valence-electron chi connectivity index (χ3n) is 5.08. The molecule has 0 spiro atoms. The Morgan fingerprint density at radius 3 is 2.69 bits per heavy atom. The van der Waals surface area contributed by atoms with Crippen LogP contribution >= 0.6 is 0 Å². The van der Waals surface area contributed by atoms with Gasteiger partial charge in [0, 0.05) is 31.5 Å². The highest BCUT2D eigenvalue weighted by Gasteiger charge is 2.23. The number of hydrogen-bond donors (Lipinski definition) is 1. The summed E-state index contributed by atoms with van der Waals surface area (Å²) in [7, 11) is 0. The first-order valence-corrected chi connectivity index (χ1v) is 9.67. The van der Waals surface area contributed by atoms with E-state index in [1.165, 1.54) is 0 Å². The van der Waals surface area contributed by atoms with Gasteiger partial charge >= 0.3 is 0 Å². The normalized spacial score (nSPS) is 15.4. The van der Waals surface area contributed by atoms with Gasteiger partial charge in [-0.25, -0.2) is 4.98 Å². The van der Waals surface area contributed by atoms with Crippen LogP contribution in [0.15, 0.2) is 34.7 Å². The fourth-order valence-electron chi connectivity index (χ4n) is 3.52. The molecule has 0 bridgehead atoms. The minimum absolute atomic E-state index is 0.212. The maximum atomic E-state index is 12.5. The molecule has 2 aromatic rings. The number of carbonyl (C=O) groups excluding carboxylic acids is 1. The predicted molar refractivity (Wildman–Crippen MR) is 103 cm³/mol. The Kier molecular flexibility index (Phi) is 6.45. The summed E-state index contributed by atoms with van der Waals surface area (Å²) in [6, 6.07) is 9.98. The van der Waals surface area contributed by atoms with Crippen molar-refractivity contribution in [3.05, 3.63) is 41.9 Å². The fraction of sp³-hybridized carbons (Fsp3) is 0.524. The first-order chi connectivity index (χ1) is 12.7. The molecule has 0 aliphatic carbocycles. The van der Waals surface area contributed by atoms with Crippen LogP contribution in [0.2, 0.25) is 0 Å². The van der Waals surface area contributed by atoms with E-state index >= 15 is 0 Å². The lowest BCUT2D eigenvalue weighted by atomic mass is 9.96. The maximum Gasteiger partial charge on any atom is 0.223 e. The lowest BCUT2D eigenvalue weighted by Gasteiger charge is -2.32. The topological polar surface area (TPSA) is 58.4 Å². The molecule has 3 rings (SSSR count). The average molecular weight is 355 g/mol. The van der Waals surface area contributed by atoms with E-state index in [9.17, 15) is 4.79 Å². The van der Waals surface area contributed by atoms with Crippen LogP contribution in [0.3, 0.4) is 0 Å². The number of rotatable bonds is 7. The average Bonchev–Trinajstić information content (AvgIpc) is 3.06. The van der Waals surface area contributed by atoms with Crippen LogP contribution in [0.25, 0.3) is 11.3 Å². The van der Waals surface area contributed by atoms with Gasteiger partial charge in [-0.15, -0.1) is 0 Å². The second-order valence-electron chi connectivity index (χ2n) is 7.02. The zero-order chi connectivity index (χ0) is 18.4. The molecule has 1 aromatic carbocycles. The van der Waals surface area contributed by atoms with Crippen LogP contribution in [0.5, 0.6) is 0 Å². The van der Waals surface area contributed by atoms with E-state index in [0.29, 0.717) is 24.7 Å². The minimum atomic E-state index is 0.212. The van der Waals surface area contributed by atoms with Gasteiger partial charge in [-0.2, -0.15) is 0 Å². The second-order valence-corrected chi connectivity index (χ2v) is 7.02. The highest BCUT2D eigenvalue weighted by Crippen LogP contribution is 2.25. The number of nitrogens with zero attached hydrogens (tertiary/aromatic N) is 2. The van der Waals surface area contributed by atoms with Crippen LogP contribution in [-0.2, 0) is 11.2 Å². The molecule has 1 amide bonds. The minimum Gasteiger partial charge on any atom is -0.440 e. The van der Waals surface area contributed by atoms with Crippen LogP contribution < -0.4 is 5.32 Å². The zero-order valence-corrected chi connectivity index (χ0v) is 15.8. The third-order valence-corrected chi connectivity index (χ3v) is 5.08. The molecule has 5 nitrogen and oxygen atoms in total. The van der Waals surface area contributed by atoms with Crippen LogP contribution in [0, 0.1) is 12.8 Å². The molecule has 5 heteroatoms. The lowest BCUT2D eigenvalue weighted by molar-refractivity contribution is -0.132. The van der Waals surface area contributed by atoms with E-state index in [2.05, 4.69) is 17.2 Å². The Balaban J connectivity index is 1.50. The van der Waals surface area contributed by atoms with Crippen molar-refractivity contribution >= 4 is 5.91 Å². The lowest BCUT2D eigenvalue weighted by Crippen LogP contribution is -2.40. The molecule has 26 heavy (non-hydrogen) atoms. The van der Waals surface area contributed by atoms with E-state index in [-0.39, 0.29) is 5.91 Å². The number of benzene rings is 1. The van der Waals surface area contributed by atoms with E-state index in [4.69, 9.17) is 4.42 Å². The van der Waals surface area contributed by atoms with Crippen molar-refractivity contribution in [3.63, 3.8) is 0 Å². The van der Waals surface area contributed by atoms with E-state index in [1.807, 2.05) is 42.2 Å². The summed E-state index contributed by atoms with van der Waals surface area (Å²) in [6.07, 6.45) is 3.21. The monoisotopic (exact) mass is 355 g/mol. The molecular formula is C21H29N3O2. The van der Waals surface area contributed by atoms with Gasteiger partial charge in [0.15, 0.2) is 11.7 Å². The number of hydrogen-bond acceptors (Lipinski definition) is 4. The van der Waals surface area contributed by atoms with Crippen LogP contribution in [0.1, 0.15) is 37.8 Å². The van der Waals surface area contributed by atoms with Gasteiger partial charge < -0.3 is 14.6 Å². The summed E-state index contributed by atoms with van der Waals surface area (Å²) < 4.78 is 5.91. The van der Waals surface area contributed by atoms with Gasteiger partial charge in [0.1, 0.15) is 0 Å². The second kappa shape index (κ2) is 8.99. The van der Waals surface area contributed by atoms with Crippen molar-refractivity contribution in [3.8, 4) is 11.3 Å². The Hall–Kier alpha value is -2.14. The number of amides is 1. The van der Waals surface area contributed by atoms with Crippen LogP contribution in [0.4, 0.5) is 0 Å². The first kappa shape index (κ1) is 18.6. The molecule has 1 fully saturated rings. The smallest absolute Gasteiger partial charge is 0.223 e. The summed E-state index contributed by atoms with van der Waals surface area (Å²) in [5.41, 5.74) is 1.90. The van der Waals surface area contributed by atoms with Crippen LogP contribution in [-0.4, -0.2) is 42.0 Å². The van der Waals surface area contributed by atoms with Gasteiger partial charge in [-0.05, 0) is 38.8 Å². The highest BCUT2D eigenvalue weighted by molar-refractivity contribution is 5.76. The molecule has 140 valence electrons. The third kappa shape index (κ3) is 4.73. The fourth-order valence-corrected chi connectivity index (χ4v) is 3.52. The van der Waals surface area contributed by atoms with E-state index < -0.39 is 0 Å². The first-order valence-electron chi connectivity index (χ1n) is 9.67. The summed E-state index contributed by atoms with van der Waals surface area (Å²) in [5.74, 6) is 2.36. The van der Waals surface area contributed by atoms with Gasteiger partial charge in [0.2, 0.25) is 5.91 Å². The maximum absolute atomic E-state index is 12.5. The molecule has 0 unspecified atom stereocenters. The van der Waals surface area contributed by atoms with Gasteiger partial charge in [-0.3, -0.25) is 4.79 Å². The van der Waals surface area contributed by atoms with Gasteiger partial charge in [0.05, 0.1) is 5.69 Å². The molecule has 1 aromatic heterocycles. The number of aromatic nitrogens is 1. The van der Waals surface area contributed by atoms with Gasteiger partial charge in [0.25, 0.3) is 0 Å². The molecule has 1 saturated heterocycles. The molecule has 2 heterocycles. The van der Waals surface area contributed by atoms with E-state index in [0.717, 1.165) is 56.0 Å².